The summed E-state index contributed by atoms with van der Waals surface area (Å²) in [5, 5.41) is 10.5. The third-order valence-corrected chi connectivity index (χ3v) is 2.71. The van der Waals surface area contributed by atoms with Gasteiger partial charge in [-0.25, -0.2) is 4.79 Å². The van der Waals surface area contributed by atoms with Crippen molar-refractivity contribution < 1.29 is 14.6 Å². The van der Waals surface area contributed by atoms with Crippen LogP contribution in [-0.2, 0) is 4.74 Å². The third kappa shape index (κ3) is 2.46. The molecule has 0 aromatic heterocycles. The summed E-state index contributed by atoms with van der Waals surface area (Å²) in [6.07, 6.45) is -1.11. The minimum absolute atomic E-state index is 0.235. The number of β-amino-alcohol motifs (C(OH)–C–C–N with tert-alkyl or cyclic N) is 1. The van der Waals surface area contributed by atoms with Gasteiger partial charge in [0.15, 0.2) is 0 Å². The number of rotatable bonds is 3. The number of carbonyl (C=O) groups excluding carboxylic acids is 1. The van der Waals surface area contributed by atoms with E-state index in [2.05, 4.69) is 0 Å². The van der Waals surface area contributed by atoms with Crippen molar-refractivity contribution in [3.8, 4) is 0 Å². The number of aliphatic hydroxyl groups excluding tert-OH is 1. The molecule has 0 saturated carbocycles. The Morgan fingerprint density at radius 3 is 3.00 bits per heavy atom. The molecule has 1 fully saturated rings. The fourth-order valence-electron chi connectivity index (χ4n) is 1.62. The molecule has 1 N–H and O–H groups in total. The molecule has 0 bridgehead atoms. The molecule has 1 saturated heterocycles. The van der Waals surface area contributed by atoms with Gasteiger partial charge in [-0.15, -0.1) is 0 Å². The van der Waals surface area contributed by atoms with E-state index in [0.29, 0.717) is 23.7 Å². The van der Waals surface area contributed by atoms with Crippen LogP contribution in [0.15, 0.2) is 24.3 Å². The van der Waals surface area contributed by atoms with E-state index >= 15 is 0 Å². The smallest absolute Gasteiger partial charge is 0.410 e. The van der Waals surface area contributed by atoms with Crippen LogP contribution in [0, 0.1) is 0 Å². The maximum Gasteiger partial charge on any atom is 0.410 e. The van der Waals surface area contributed by atoms with Crippen molar-refractivity contribution in [2.24, 2.45) is 0 Å². The van der Waals surface area contributed by atoms with E-state index in [9.17, 15) is 9.90 Å². The number of halogens is 1. The summed E-state index contributed by atoms with van der Waals surface area (Å²) in [4.78, 5) is 12.7. The first-order chi connectivity index (χ1) is 7.66. The molecule has 4 nitrogen and oxygen atoms in total. The lowest BCUT2D eigenvalue weighted by Gasteiger charge is -2.17. The van der Waals surface area contributed by atoms with Gasteiger partial charge in [0.1, 0.15) is 6.61 Å². The standard InChI is InChI=1S/C11H12ClNO3/c12-9-3-1-2-8(6-9)10(14)7-13-4-5-16-11(13)15/h1-3,6,10,14H,4-5,7H2. The molecule has 16 heavy (non-hydrogen) atoms. The fourth-order valence-corrected chi connectivity index (χ4v) is 1.82. The second-order valence-corrected chi connectivity index (χ2v) is 4.07. The van der Waals surface area contributed by atoms with Crippen LogP contribution in [0.3, 0.4) is 0 Å². The molecule has 86 valence electrons. The van der Waals surface area contributed by atoms with Gasteiger partial charge in [0.25, 0.3) is 0 Å². The van der Waals surface area contributed by atoms with E-state index in [4.69, 9.17) is 16.3 Å². The molecular formula is C11H12ClNO3. The molecule has 1 amide bonds. The van der Waals surface area contributed by atoms with Gasteiger partial charge in [0.2, 0.25) is 0 Å². The monoisotopic (exact) mass is 241 g/mol. The van der Waals surface area contributed by atoms with Gasteiger partial charge in [-0.1, -0.05) is 23.7 Å². The Bertz CT molecular complexity index is 397. The number of amides is 1. The quantitative estimate of drug-likeness (QED) is 0.878. The van der Waals surface area contributed by atoms with E-state index in [-0.39, 0.29) is 12.6 Å². The van der Waals surface area contributed by atoms with Crippen LogP contribution in [0.4, 0.5) is 4.79 Å². The highest BCUT2D eigenvalue weighted by Gasteiger charge is 2.24. The molecule has 5 heteroatoms. The predicted molar refractivity (Wildman–Crippen MR) is 59.3 cm³/mol. The van der Waals surface area contributed by atoms with Gasteiger partial charge in [-0.05, 0) is 17.7 Å². The summed E-state index contributed by atoms with van der Waals surface area (Å²) in [5.74, 6) is 0. The van der Waals surface area contributed by atoms with Crippen molar-refractivity contribution in [1.29, 1.82) is 0 Å². The SMILES string of the molecule is O=C1OCCN1CC(O)c1cccc(Cl)c1. The van der Waals surface area contributed by atoms with E-state index in [1.807, 2.05) is 0 Å². The first-order valence-corrected chi connectivity index (χ1v) is 5.40. The van der Waals surface area contributed by atoms with Crippen molar-refractivity contribution in [3.63, 3.8) is 0 Å². The van der Waals surface area contributed by atoms with Crippen molar-refractivity contribution in [3.05, 3.63) is 34.9 Å². The summed E-state index contributed by atoms with van der Waals surface area (Å²) >= 11 is 5.82. The van der Waals surface area contributed by atoms with Gasteiger partial charge in [-0.3, -0.25) is 0 Å². The van der Waals surface area contributed by atoms with Crippen LogP contribution >= 0.6 is 11.6 Å². The number of aliphatic hydroxyl groups is 1. The first kappa shape index (κ1) is 11.2. The molecular weight excluding hydrogens is 230 g/mol. The average molecular weight is 242 g/mol. The summed E-state index contributed by atoms with van der Waals surface area (Å²) in [6, 6.07) is 6.97. The molecule has 1 heterocycles. The van der Waals surface area contributed by atoms with Crippen molar-refractivity contribution in [2.45, 2.75) is 6.10 Å². The summed E-state index contributed by atoms with van der Waals surface area (Å²) in [6.45, 7) is 1.15. The molecule has 1 aromatic rings. The zero-order valence-corrected chi connectivity index (χ0v) is 9.35. The normalized spacial score (nSPS) is 17.4. The van der Waals surface area contributed by atoms with Crippen LogP contribution in [0.25, 0.3) is 0 Å². The number of benzene rings is 1. The van der Waals surface area contributed by atoms with Gasteiger partial charge in [-0.2, -0.15) is 0 Å². The van der Waals surface area contributed by atoms with E-state index < -0.39 is 6.10 Å². The lowest BCUT2D eigenvalue weighted by molar-refractivity contribution is 0.118. The lowest BCUT2D eigenvalue weighted by Crippen LogP contribution is -2.29. The predicted octanol–water partition coefficient (Wildman–Crippen LogP) is 1.83. The Kier molecular flexibility index (Phi) is 3.31. The highest BCUT2D eigenvalue weighted by Crippen LogP contribution is 2.19. The Morgan fingerprint density at radius 2 is 2.38 bits per heavy atom. The van der Waals surface area contributed by atoms with Crippen LogP contribution in [0.5, 0.6) is 0 Å². The van der Waals surface area contributed by atoms with Crippen LogP contribution in [0.1, 0.15) is 11.7 Å². The number of hydrogen-bond acceptors (Lipinski definition) is 3. The topological polar surface area (TPSA) is 49.8 Å². The highest BCUT2D eigenvalue weighted by atomic mass is 35.5. The number of nitrogens with zero attached hydrogens (tertiary/aromatic N) is 1. The second-order valence-electron chi connectivity index (χ2n) is 3.63. The lowest BCUT2D eigenvalue weighted by atomic mass is 10.1. The summed E-state index contributed by atoms with van der Waals surface area (Å²) in [5.41, 5.74) is 0.701. The van der Waals surface area contributed by atoms with Crippen LogP contribution in [-0.4, -0.2) is 35.8 Å². The molecule has 0 radical (unpaired) electrons. The third-order valence-electron chi connectivity index (χ3n) is 2.47. The zero-order chi connectivity index (χ0) is 11.5. The highest BCUT2D eigenvalue weighted by molar-refractivity contribution is 6.30. The average Bonchev–Trinajstić information content (AvgIpc) is 2.64. The van der Waals surface area contributed by atoms with Gasteiger partial charge in [0, 0.05) is 5.02 Å². The van der Waals surface area contributed by atoms with Gasteiger partial charge in [0.05, 0.1) is 19.2 Å². The minimum Gasteiger partial charge on any atom is -0.448 e. The maximum atomic E-state index is 11.2. The maximum absolute atomic E-state index is 11.2. The van der Waals surface area contributed by atoms with Crippen molar-refractivity contribution in [1.82, 2.24) is 4.90 Å². The minimum atomic E-state index is -0.732. The Morgan fingerprint density at radius 1 is 1.56 bits per heavy atom. The Hall–Kier alpha value is -1.26. The van der Waals surface area contributed by atoms with Crippen molar-refractivity contribution in [2.75, 3.05) is 19.7 Å². The fraction of sp³-hybridized carbons (Fsp3) is 0.364. The molecule has 1 aromatic carbocycles. The molecule has 1 aliphatic rings. The van der Waals surface area contributed by atoms with Crippen LogP contribution in [0.2, 0.25) is 5.02 Å². The molecule has 2 rings (SSSR count). The molecule has 1 unspecified atom stereocenters. The van der Waals surface area contributed by atoms with Gasteiger partial charge < -0.3 is 14.7 Å². The van der Waals surface area contributed by atoms with E-state index in [1.54, 1.807) is 24.3 Å². The Labute approximate surface area is 98.4 Å². The van der Waals surface area contributed by atoms with Crippen LogP contribution < -0.4 is 0 Å². The van der Waals surface area contributed by atoms with E-state index in [0.717, 1.165) is 0 Å². The molecule has 0 spiro atoms. The number of hydrogen-bond donors (Lipinski definition) is 1. The Balaban J connectivity index is 2.02. The second kappa shape index (κ2) is 4.72. The summed E-state index contributed by atoms with van der Waals surface area (Å²) in [7, 11) is 0. The largest absolute Gasteiger partial charge is 0.448 e. The molecule has 1 aliphatic heterocycles. The zero-order valence-electron chi connectivity index (χ0n) is 8.60. The number of carbonyl (C=O) groups is 1. The first-order valence-electron chi connectivity index (χ1n) is 5.02. The number of ether oxygens (including phenoxy) is 1. The molecule has 0 aliphatic carbocycles. The van der Waals surface area contributed by atoms with E-state index in [1.165, 1.54) is 4.90 Å². The summed E-state index contributed by atoms with van der Waals surface area (Å²) < 4.78 is 4.78. The van der Waals surface area contributed by atoms with Gasteiger partial charge >= 0.3 is 6.09 Å². The number of cyclic esters (lactones) is 1. The molecule has 1 atom stereocenters. The van der Waals surface area contributed by atoms with Crippen molar-refractivity contribution >= 4 is 17.7 Å².